The van der Waals surface area contributed by atoms with E-state index in [0.29, 0.717) is 0 Å². The molecule has 0 saturated carbocycles. The molecule has 0 aliphatic carbocycles. The second kappa shape index (κ2) is 8.00. The van der Waals surface area contributed by atoms with Gasteiger partial charge >= 0.3 is 11.9 Å². The molecule has 1 unspecified atom stereocenters. The van der Waals surface area contributed by atoms with Crippen molar-refractivity contribution in [3.63, 3.8) is 0 Å². The highest BCUT2D eigenvalue weighted by molar-refractivity contribution is 5.79. The summed E-state index contributed by atoms with van der Waals surface area (Å²) in [6.07, 6.45) is -1.29. The zero-order chi connectivity index (χ0) is 10.1. The molecule has 3 N–H and O–H groups in total. The minimum Gasteiger partial charge on any atom is -0.481 e. The van der Waals surface area contributed by atoms with Crippen LogP contribution >= 0.6 is 0 Å². The smallest absolute Gasteiger partial charge is 0.333 e. The first-order valence-electron chi connectivity index (χ1n) is 3.58. The van der Waals surface area contributed by atoms with Crippen LogP contribution in [-0.2, 0) is 9.59 Å². The van der Waals surface area contributed by atoms with Gasteiger partial charge in [-0.1, -0.05) is 20.3 Å². The minimum absolute atomic E-state index is 0.755. The lowest BCUT2D eigenvalue weighted by atomic mass is 10.3. The molecule has 0 bridgehead atoms. The molecule has 12 heavy (non-hydrogen) atoms. The maximum Gasteiger partial charge on any atom is 0.333 e. The van der Waals surface area contributed by atoms with Crippen LogP contribution < -0.4 is 0 Å². The third kappa shape index (κ3) is 11.7. The molecular weight excluding hydrogens is 164 g/mol. The Kier molecular flexibility index (Phi) is 8.99. The number of aliphatic hydroxyl groups excluding tert-OH is 1. The molecule has 72 valence electrons. The first-order valence-corrected chi connectivity index (χ1v) is 3.58. The number of carbonyl (C=O) groups is 2. The fraction of sp³-hybridized carbons (Fsp3) is 0.714. The summed E-state index contributed by atoms with van der Waals surface area (Å²) < 4.78 is 0. The second-order valence-corrected chi connectivity index (χ2v) is 2.16. The van der Waals surface area contributed by atoms with Gasteiger partial charge in [0.15, 0.2) is 6.10 Å². The van der Waals surface area contributed by atoms with Crippen LogP contribution in [-0.4, -0.2) is 33.4 Å². The second-order valence-electron chi connectivity index (χ2n) is 2.16. The van der Waals surface area contributed by atoms with Gasteiger partial charge in [0, 0.05) is 0 Å². The number of carboxylic acid groups (broad SMARTS) is 2. The molecule has 5 nitrogen and oxygen atoms in total. The zero-order valence-electron chi connectivity index (χ0n) is 7.15. The number of aliphatic carboxylic acids is 2. The number of carboxylic acids is 2. The van der Waals surface area contributed by atoms with Crippen molar-refractivity contribution in [3.8, 4) is 0 Å². The molecule has 0 aromatic rings. The van der Waals surface area contributed by atoms with E-state index in [1.54, 1.807) is 0 Å². The topological polar surface area (TPSA) is 94.8 Å². The third-order valence-corrected chi connectivity index (χ3v) is 0.653. The van der Waals surface area contributed by atoms with Crippen LogP contribution in [0.3, 0.4) is 0 Å². The van der Waals surface area contributed by atoms with Crippen molar-refractivity contribution in [2.75, 3.05) is 0 Å². The third-order valence-electron chi connectivity index (χ3n) is 0.653. The van der Waals surface area contributed by atoms with Gasteiger partial charge in [0.25, 0.3) is 0 Å². The van der Waals surface area contributed by atoms with Gasteiger partial charge in [-0.05, 0) is 0 Å². The predicted molar refractivity (Wildman–Crippen MR) is 41.9 cm³/mol. The summed E-state index contributed by atoms with van der Waals surface area (Å²) in [7, 11) is 0. The largest absolute Gasteiger partial charge is 0.481 e. The lowest BCUT2D eigenvalue weighted by Gasteiger charge is -1.97. The molecule has 5 heteroatoms. The average molecular weight is 178 g/mol. The maximum atomic E-state index is 9.72. The standard InChI is InChI=1S/C4H6O5.C3H8/c5-2(4(8)9)1-3(6)7;1-3-2/h2,5H,1H2,(H,6,7)(H,8,9);3H2,1-2H3. The van der Waals surface area contributed by atoms with E-state index in [4.69, 9.17) is 15.3 Å². The maximum absolute atomic E-state index is 9.72. The van der Waals surface area contributed by atoms with Crippen molar-refractivity contribution in [1.82, 2.24) is 0 Å². The predicted octanol–water partition coefficient (Wildman–Crippen LogP) is 0.323. The molecule has 1 atom stereocenters. The molecule has 0 aromatic heterocycles. The van der Waals surface area contributed by atoms with Crippen LogP contribution in [0, 0.1) is 0 Å². The summed E-state index contributed by atoms with van der Waals surface area (Å²) >= 11 is 0. The van der Waals surface area contributed by atoms with E-state index in [-0.39, 0.29) is 0 Å². The van der Waals surface area contributed by atoms with Crippen molar-refractivity contribution in [2.45, 2.75) is 32.8 Å². The van der Waals surface area contributed by atoms with E-state index >= 15 is 0 Å². The molecule has 0 amide bonds. The Balaban J connectivity index is 0. The van der Waals surface area contributed by atoms with Gasteiger partial charge in [0.05, 0.1) is 6.42 Å². The Morgan fingerprint density at radius 3 is 1.67 bits per heavy atom. The monoisotopic (exact) mass is 178 g/mol. The highest BCUT2D eigenvalue weighted by Gasteiger charge is 2.16. The molecule has 0 saturated heterocycles. The molecule has 0 aliphatic heterocycles. The lowest BCUT2D eigenvalue weighted by molar-refractivity contribution is -0.152. The van der Waals surface area contributed by atoms with Crippen LogP contribution in [0.15, 0.2) is 0 Å². The van der Waals surface area contributed by atoms with Gasteiger partial charge in [-0.25, -0.2) is 4.79 Å². The van der Waals surface area contributed by atoms with E-state index in [1.807, 2.05) is 0 Å². The molecule has 0 heterocycles. The fourth-order valence-electron chi connectivity index (χ4n) is 0.253. The summed E-state index contributed by atoms with van der Waals surface area (Å²) in [4.78, 5) is 19.4. The van der Waals surface area contributed by atoms with Gasteiger partial charge in [-0.3, -0.25) is 4.79 Å². The Hall–Kier alpha value is -1.10. The van der Waals surface area contributed by atoms with Gasteiger partial charge in [-0.2, -0.15) is 0 Å². The van der Waals surface area contributed by atoms with Crippen LogP contribution in [0.2, 0.25) is 0 Å². The quantitative estimate of drug-likeness (QED) is 0.578. The molecule has 0 aromatic carbocycles. The van der Waals surface area contributed by atoms with Crippen molar-refractivity contribution in [2.24, 2.45) is 0 Å². The zero-order valence-corrected chi connectivity index (χ0v) is 7.15. The first-order chi connectivity index (χ1) is 5.45. The van der Waals surface area contributed by atoms with Gasteiger partial charge in [-0.15, -0.1) is 0 Å². The molecule has 0 rings (SSSR count). The normalized spacial score (nSPS) is 10.9. The number of aliphatic hydroxyl groups is 1. The van der Waals surface area contributed by atoms with Crippen LogP contribution in [0.1, 0.15) is 26.7 Å². The summed E-state index contributed by atoms with van der Waals surface area (Å²) in [6, 6.07) is 0. The Morgan fingerprint density at radius 1 is 1.25 bits per heavy atom. The molecule has 0 radical (unpaired) electrons. The van der Waals surface area contributed by atoms with Gasteiger partial charge in [0.1, 0.15) is 0 Å². The highest BCUT2D eigenvalue weighted by atomic mass is 16.4. The lowest BCUT2D eigenvalue weighted by Crippen LogP contribution is -2.22. The van der Waals surface area contributed by atoms with Crippen LogP contribution in [0.25, 0.3) is 0 Å². The van der Waals surface area contributed by atoms with E-state index in [9.17, 15) is 9.59 Å². The molecule has 0 spiro atoms. The first kappa shape index (κ1) is 13.5. The fourth-order valence-corrected chi connectivity index (χ4v) is 0.253. The Morgan fingerprint density at radius 2 is 1.58 bits per heavy atom. The van der Waals surface area contributed by atoms with Crippen molar-refractivity contribution in [3.05, 3.63) is 0 Å². The van der Waals surface area contributed by atoms with E-state index < -0.39 is 24.5 Å². The summed E-state index contributed by atoms with van der Waals surface area (Å²) in [5.74, 6) is -2.85. The van der Waals surface area contributed by atoms with Crippen molar-refractivity contribution < 1.29 is 24.9 Å². The highest BCUT2D eigenvalue weighted by Crippen LogP contribution is 1.89. The number of hydrogen-bond donors (Lipinski definition) is 3. The van der Waals surface area contributed by atoms with Crippen LogP contribution in [0.4, 0.5) is 0 Å². The minimum atomic E-state index is -1.79. The molecule has 0 fully saturated rings. The number of hydrogen-bond acceptors (Lipinski definition) is 3. The van der Waals surface area contributed by atoms with Crippen molar-refractivity contribution >= 4 is 11.9 Å². The summed E-state index contributed by atoms with van der Waals surface area (Å²) in [5, 5.41) is 24.1. The van der Waals surface area contributed by atoms with Gasteiger partial charge < -0.3 is 15.3 Å². The molecule has 0 aliphatic rings. The Labute approximate surface area is 70.6 Å². The van der Waals surface area contributed by atoms with Crippen molar-refractivity contribution in [1.29, 1.82) is 0 Å². The van der Waals surface area contributed by atoms with E-state index in [1.165, 1.54) is 6.42 Å². The Bertz CT molecular complexity index is 143. The summed E-state index contributed by atoms with van der Waals surface area (Å²) in [6.45, 7) is 4.25. The van der Waals surface area contributed by atoms with Crippen LogP contribution in [0.5, 0.6) is 0 Å². The molecular formula is C7H14O5. The average Bonchev–Trinajstić information content (AvgIpc) is 1.87. The van der Waals surface area contributed by atoms with E-state index in [0.717, 1.165) is 0 Å². The van der Waals surface area contributed by atoms with E-state index in [2.05, 4.69) is 13.8 Å². The number of rotatable bonds is 3. The summed E-state index contributed by atoms with van der Waals surface area (Å²) in [5.41, 5.74) is 0. The van der Waals surface area contributed by atoms with Gasteiger partial charge in [0.2, 0.25) is 0 Å². The SMILES string of the molecule is CCC.O=C(O)CC(O)C(=O)O.